The molecule has 3 aromatic rings. The second-order valence-corrected chi connectivity index (χ2v) is 5.45. The van der Waals surface area contributed by atoms with Crippen molar-refractivity contribution in [2.75, 3.05) is 0 Å². The summed E-state index contributed by atoms with van der Waals surface area (Å²) in [7, 11) is 0. The van der Waals surface area contributed by atoms with Crippen LogP contribution in [0.15, 0.2) is 58.0 Å². The Kier molecular flexibility index (Phi) is 4.89. The summed E-state index contributed by atoms with van der Waals surface area (Å²) in [6.45, 7) is 1.73. The summed E-state index contributed by atoms with van der Waals surface area (Å²) < 4.78 is 5.26. The Morgan fingerprint density at radius 3 is 2.54 bits per heavy atom. The predicted octanol–water partition coefficient (Wildman–Crippen LogP) is 4.52. The van der Waals surface area contributed by atoms with Crippen molar-refractivity contribution in [3.63, 3.8) is 0 Å². The van der Waals surface area contributed by atoms with Crippen molar-refractivity contribution in [3.8, 4) is 5.75 Å². The van der Waals surface area contributed by atoms with Crippen LogP contribution in [-0.4, -0.2) is 21.4 Å². The molecule has 0 amide bonds. The molecule has 0 spiro atoms. The standard InChI is InChI=1S/C19H15N3O4/c1-13-19(20-12-15-7-2-4-8-16(15)22(24)25)18(26-21-13)11-10-14-6-3-5-9-17(14)23/h2-12,23H,1H3/b11-10+,20-12?. The van der Waals surface area contributed by atoms with Crippen LogP contribution in [0, 0.1) is 17.0 Å². The van der Waals surface area contributed by atoms with Crippen molar-refractivity contribution in [1.82, 2.24) is 5.16 Å². The molecule has 0 atom stereocenters. The lowest BCUT2D eigenvalue weighted by molar-refractivity contribution is -0.385. The van der Waals surface area contributed by atoms with Crippen molar-refractivity contribution in [2.24, 2.45) is 4.99 Å². The van der Waals surface area contributed by atoms with Gasteiger partial charge in [-0.15, -0.1) is 0 Å². The third kappa shape index (κ3) is 3.67. The molecule has 1 heterocycles. The molecule has 0 saturated carbocycles. The molecule has 0 aliphatic rings. The number of hydrogen-bond acceptors (Lipinski definition) is 6. The highest BCUT2D eigenvalue weighted by Crippen LogP contribution is 2.27. The lowest BCUT2D eigenvalue weighted by atomic mass is 10.1. The van der Waals surface area contributed by atoms with Gasteiger partial charge in [-0.2, -0.15) is 0 Å². The average molecular weight is 349 g/mol. The van der Waals surface area contributed by atoms with Crippen molar-refractivity contribution in [2.45, 2.75) is 6.92 Å². The van der Waals surface area contributed by atoms with Gasteiger partial charge in [0.15, 0.2) is 5.76 Å². The smallest absolute Gasteiger partial charge is 0.278 e. The van der Waals surface area contributed by atoms with Gasteiger partial charge in [-0.05, 0) is 31.2 Å². The number of nitro groups is 1. The molecular weight excluding hydrogens is 334 g/mol. The average Bonchev–Trinajstić information content (AvgIpc) is 2.99. The van der Waals surface area contributed by atoms with E-state index < -0.39 is 4.92 Å². The van der Waals surface area contributed by atoms with Crippen LogP contribution >= 0.6 is 0 Å². The molecule has 1 aromatic heterocycles. The highest BCUT2D eigenvalue weighted by molar-refractivity contribution is 5.88. The van der Waals surface area contributed by atoms with Gasteiger partial charge in [-0.3, -0.25) is 10.1 Å². The molecule has 1 N–H and O–H groups in total. The first-order chi connectivity index (χ1) is 12.6. The maximum atomic E-state index is 11.1. The number of para-hydroxylation sites is 2. The normalized spacial score (nSPS) is 11.4. The van der Waals surface area contributed by atoms with Gasteiger partial charge in [-0.1, -0.05) is 35.5 Å². The van der Waals surface area contributed by atoms with Crippen LogP contribution in [-0.2, 0) is 0 Å². The quantitative estimate of drug-likeness (QED) is 0.414. The minimum absolute atomic E-state index is 0.0309. The minimum atomic E-state index is -0.458. The van der Waals surface area contributed by atoms with E-state index in [2.05, 4.69) is 10.1 Å². The summed E-state index contributed by atoms with van der Waals surface area (Å²) in [6, 6.07) is 13.2. The maximum absolute atomic E-state index is 11.1. The van der Waals surface area contributed by atoms with E-state index >= 15 is 0 Å². The lowest BCUT2D eigenvalue weighted by Crippen LogP contribution is -1.93. The molecule has 26 heavy (non-hydrogen) atoms. The van der Waals surface area contributed by atoms with E-state index in [1.165, 1.54) is 12.3 Å². The van der Waals surface area contributed by atoms with Crippen molar-refractivity contribution in [3.05, 3.63) is 81.2 Å². The number of aromatic nitrogens is 1. The number of nitro benzene ring substituents is 1. The number of nitrogens with zero attached hydrogens (tertiary/aromatic N) is 3. The summed E-state index contributed by atoms with van der Waals surface area (Å²) in [5, 5.41) is 24.8. The number of aromatic hydroxyl groups is 1. The van der Waals surface area contributed by atoms with Crippen LogP contribution in [0.3, 0.4) is 0 Å². The Morgan fingerprint density at radius 1 is 1.12 bits per heavy atom. The third-order valence-corrected chi connectivity index (χ3v) is 3.67. The van der Waals surface area contributed by atoms with Crippen LogP contribution in [0.2, 0.25) is 0 Å². The number of aliphatic imine (C=N–C) groups is 1. The zero-order chi connectivity index (χ0) is 18.5. The maximum Gasteiger partial charge on any atom is 0.278 e. The molecular formula is C19H15N3O4. The van der Waals surface area contributed by atoms with Crippen LogP contribution in [0.1, 0.15) is 22.6 Å². The van der Waals surface area contributed by atoms with Gasteiger partial charge in [0.25, 0.3) is 5.69 Å². The van der Waals surface area contributed by atoms with Crippen LogP contribution in [0.5, 0.6) is 5.75 Å². The first-order valence-corrected chi connectivity index (χ1v) is 7.76. The summed E-state index contributed by atoms with van der Waals surface area (Å²) in [6.07, 6.45) is 4.73. The molecule has 130 valence electrons. The first-order valence-electron chi connectivity index (χ1n) is 7.76. The topological polar surface area (TPSA) is 102 Å². The van der Waals surface area contributed by atoms with Gasteiger partial charge in [0.1, 0.15) is 17.1 Å². The van der Waals surface area contributed by atoms with Gasteiger partial charge in [0.05, 0.1) is 10.5 Å². The third-order valence-electron chi connectivity index (χ3n) is 3.67. The van der Waals surface area contributed by atoms with Gasteiger partial charge < -0.3 is 9.63 Å². The molecule has 2 aromatic carbocycles. The molecule has 0 fully saturated rings. The number of phenolic OH excluding ortho intramolecular Hbond substituents is 1. The van der Waals surface area contributed by atoms with E-state index in [0.29, 0.717) is 28.3 Å². The van der Waals surface area contributed by atoms with E-state index in [1.54, 1.807) is 61.5 Å². The molecule has 0 bridgehead atoms. The van der Waals surface area contributed by atoms with E-state index in [-0.39, 0.29) is 11.4 Å². The van der Waals surface area contributed by atoms with Crippen molar-refractivity contribution >= 4 is 29.7 Å². The molecule has 7 nitrogen and oxygen atoms in total. The fourth-order valence-corrected chi connectivity index (χ4v) is 2.34. The monoisotopic (exact) mass is 349 g/mol. The van der Waals surface area contributed by atoms with Gasteiger partial charge in [-0.25, -0.2) is 4.99 Å². The van der Waals surface area contributed by atoms with E-state index in [9.17, 15) is 15.2 Å². The predicted molar refractivity (Wildman–Crippen MR) is 98.6 cm³/mol. The molecule has 7 heteroatoms. The summed E-state index contributed by atoms with van der Waals surface area (Å²) >= 11 is 0. The fourth-order valence-electron chi connectivity index (χ4n) is 2.34. The van der Waals surface area contributed by atoms with E-state index in [0.717, 1.165) is 0 Å². The van der Waals surface area contributed by atoms with Crippen LogP contribution < -0.4 is 0 Å². The summed E-state index contributed by atoms with van der Waals surface area (Å²) in [5.74, 6) is 0.533. The SMILES string of the molecule is Cc1noc(/C=C/c2ccccc2O)c1N=Cc1ccccc1[N+](=O)[O-]. The Hall–Kier alpha value is -3.74. The van der Waals surface area contributed by atoms with Gasteiger partial charge in [0.2, 0.25) is 0 Å². The molecule has 0 radical (unpaired) electrons. The Bertz CT molecular complexity index is 1010. The molecule has 0 saturated heterocycles. The molecule has 0 unspecified atom stereocenters. The van der Waals surface area contributed by atoms with Crippen LogP contribution in [0.25, 0.3) is 12.2 Å². The Balaban J connectivity index is 1.92. The zero-order valence-corrected chi connectivity index (χ0v) is 13.9. The highest BCUT2D eigenvalue weighted by atomic mass is 16.6. The zero-order valence-electron chi connectivity index (χ0n) is 13.9. The van der Waals surface area contributed by atoms with Gasteiger partial charge >= 0.3 is 0 Å². The molecule has 0 aliphatic heterocycles. The second-order valence-electron chi connectivity index (χ2n) is 5.45. The molecule has 3 rings (SSSR count). The minimum Gasteiger partial charge on any atom is -0.507 e. The van der Waals surface area contributed by atoms with Gasteiger partial charge in [0, 0.05) is 17.8 Å². The molecule has 0 aliphatic carbocycles. The number of phenols is 1. The number of benzene rings is 2. The Morgan fingerprint density at radius 2 is 1.81 bits per heavy atom. The first kappa shape index (κ1) is 17.1. The summed E-state index contributed by atoms with van der Waals surface area (Å²) in [4.78, 5) is 14.9. The van der Waals surface area contributed by atoms with Crippen molar-refractivity contribution in [1.29, 1.82) is 0 Å². The van der Waals surface area contributed by atoms with E-state index in [1.807, 2.05) is 0 Å². The largest absolute Gasteiger partial charge is 0.507 e. The number of aryl methyl sites for hydroxylation is 1. The van der Waals surface area contributed by atoms with Crippen LogP contribution in [0.4, 0.5) is 11.4 Å². The summed E-state index contributed by atoms with van der Waals surface area (Å²) in [5.41, 5.74) is 1.99. The van der Waals surface area contributed by atoms with E-state index in [4.69, 9.17) is 4.52 Å². The fraction of sp³-hybridized carbons (Fsp3) is 0.0526. The number of rotatable bonds is 5. The number of hydrogen-bond donors (Lipinski definition) is 1. The van der Waals surface area contributed by atoms with Crippen molar-refractivity contribution < 1.29 is 14.6 Å². The second kappa shape index (κ2) is 7.43. The highest BCUT2D eigenvalue weighted by Gasteiger charge is 2.12. The Labute approximate surface area is 149 Å². The lowest BCUT2D eigenvalue weighted by Gasteiger charge is -1.97.